The van der Waals surface area contributed by atoms with Crippen molar-refractivity contribution in [1.29, 1.82) is 0 Å². The standard InChI is InChI=1S/C18H28O2/c1-3-15-7-5-8-16(13-15)10-11-17-9-6-12-18(4-2,14-17)20-19/h5-7,10-12,15-17,19H,3-4,8-9,13-14H2,1-2H3. The average molecular weight is 276 g/mol. The van der Waals surface area contributed by atoms with Gasteiger partial charge in [-0.1, -0.05) is 50.3 Å². The van der Waals surface area contributed by atoms with E-state index in [9.17, 15) is 0 Å². The predicted molar refractivity (Wildman–Crippen MR) is 83.4 cm³/mol. The lowest BCUT2D eigenvalue weighted by molar-refractivity contribution is -0.312. The van der Waals surface area contributed by atoms with E-state index in [1.165, 1.54) is 19.3 Å². The Labute approximate surface area is 123 Å². The molecule has 0 aliphatic heterocycles. The molecule has 0 saturated heterocycles. The first kappa shape index (κ1) is 15.5. The van der Waals surface area contributed by atoms with Crippen molar-refractivity contribution in [2.75, 3.05) is 0 Å². The van der Waals surface area contributed by atoms with E-state index in [1.807, 2.05) is 6.08 Å². The molecule has 20 heavy (non-hydrogen) atoms. The minimum atomic E-state index is -0.467. The number of rotatable bonds is 5. The molecule has 2 nitrogen and oxygen atoms in total. The van der Waals surface area contributed by atoms with Crippen molar-refractivity contribution in [3.63, 3.8) is 0 Å². The van der Waals surface area contributed by atoms with Gasteiger partial charge in [0.15, 0.2) is 0 Å². The molecule has 0 aromatic heterocycles. The predicted octanol–water partition coefficient (Wildman–Crippen LogP) is 5.14. The third kappa shape index (κ3) is 3.83. The van der Waals surface area contributed by atoms with Crippen molar-refractivity contribution in [3.8, 4) is 0 Å². The summed E-state index contributed by atoms with van der Waals surface area (Å²) in [6, 6.07) is 0. The summed E-state index contributed by atoms with van der Waals surface area (Å²) in [5.74, 6) is 1.92. The normalized spacial score (nSPS) is 37.6. The van der Waals surface area contributed by atoms with Gasteiger partial charge in [0.25, 0.3) is 0 Å². The maximum absolute atomic E-state index is 9.16. The van der Waals surface area contributed by atoms with Gasteiger partial charge in [0.1, 0.15) is 5.60 Å². The zero-order valence-corrected chi connectivity index (χ0v) is 12.8. The van der Waals surface area contributed by atoms with Crippen molar-refractivity contribution in [1.82, 2.24) is 0 Å². The van der Waals surface area contributed by atoms with E-state index in [2.05, 4.69) is 44.2 Å². The van der Waals surface area contributed by atoms with Crippen LogP contribution < -0.4 is 0 Å². The molecule has 0 saturated carbocycles. The first-order chi connectivity index (χ1) is 9.71. The van der Waals surface area contributed by atoms with Gasteiger partial charge >= 0.3 is 0 Å². The highest BCUT2D eigenvalue weighted by atomic mass is 17.1. The summed E-state index contributed by atoms with van der Waals surface area (Å²) in [5, 5.41) is 9.16. The molecule has 4 atom stereocenters. The highest BCUT2D eigenvalue weighted by Crippen LogP contribution is 2.34. The van der Waals surface area contributed by atoms with Gasteiger partial charge in [-0.25, -0.2) is 4.89 Å². The Kier molecular flexibility index (Phi) is 5.62. The molecule has 2 heteroatoms. The lowest BCUT2D eigenvalue weighted by Gasteiger charge is -2.32. The van der Waals surface area contributed by atoms with E-state index in [0.29, 0.717) is 11.8 Å². The maximum atomic E-state index is 9.16. The summed E-state index contributed by atoms with van der Waals surface area (Å²) in [4.78, 5) is 4.75. The molecule has 0 spiro atoms. The van der Waals surface area contributed by atoms with Gasteiger partial charge in [0.05, 0.1) is 0 Å². The Hall–Kier alpha value is -0.860. The fraction of sp³-hybridized carbons (Fsp3) is 0.667. The van der Waals surface area contributed by atoms with E-state index >= 15 is 0 Å². The second-order valence-electron chi connectivity index (χ2n) is 6.32. The number of hydrogen-bond donors (Lipinski definition) is 1. The Balaban J connectivity index is 1.92. The maximum Gasteiger partial charge on any atom is 0.122 e. The highest BCUT2D eigenvalue weighted by Gasteiger charge is 2.32. The molecule has 0 aromatic rings. The fourth-order valence-electron chi connectivity index (χ4n) is 3.38. The minimum absolute atomic E-state index is 0.467. The van der Waals surface area contributed by atoms with Crippen LogP contribution in [0.25, 0.3) is 0 Å². The first-order valence-electron chi connectivity index (χ1n) is 8.06. The van der Waals surface area contributed by atoms with Gasteiger partial charge in [-0.05, 0) is 56.3 Å². The molecule has 0 fully saturated rings. The van der Waals surface area contributed by atoms with Crippen LogP contribution in [0.1, 0.15) is 52.4 Å². The van der Waals surface area contributed by atoms with Crippen LogP contribution in [-0.4, -0.2) is 10.9 Å². The molecular weight excluding hydrogens is 248 g/mol. The van der Waals surface area contributed by atoms with Crippen LogP contribution in [0.4, 0.5) is 0 Å². The first-order valence-corrected chi connectivity index (χ1v) is 8.06. The van der Waals surface area contributed by atoms with Crippen LogP contribution >= 0.6 is 0 Å². The minimum Gasteiger partial charge on any atom is -0.251 e. The van der Waals surface area contributed by atoms with Crippen LogP contribution in [0, 0.1) is 17.8 Å². The lowest BCUT2D eigenvalue weighted by atomic mass is 9.80. The van der Waals surface area contributed by atoms with E-state index < -0.39 is 5.60 Å². The van der Waals surface area contributed by atoms with E-state index in [0.717, 1.165) is 25.2 Å². The fourth-order valence-corrected chi connectivity index (χ4v) is 3.38. The van der Waals surface area contributed by atoms with Gasteiger partial charge < -0.3 is 0 Å². The van der Waals surface area contributed by atoms with Crippen LogP contribution in [0.15, 0.2) is 36.5 Å². The van der Waals surface area contributed by atoms with Crippen molar-refractivity contribution in [2.24, 2.45) is 17.8 Å². The summed E-state index contributed by atoms with van der Waals surface area (Å²) < 4.78 is 0. The Morgan fingerprint density at radius 3 is 2.65 bits per heavy atom. The number of hydrogen-bond acceptors (Lipinski definition) is 2. The monoisotopic (exact) mass is 276 g/mol. The van der Waals surface area contributed by atoms with E-state index in [1.54, 1.807) is 0 Å². The highest BCUT2D eigenvalue weighted by molar-refractivity contribution is 5.12. The molecule has 0 aromatic carbocycles. The zero-order valence-electron chi connectivity index (χ0n) is 12.8. The van der Waals surface area contributed by atoms with E-state index in [4.69, 9.17) is 10.1 Å². The van der Waals surface area contributed by atoms with Crippen molar-refractivity contribution < 1.29 is 10.1 Å². The molecule has 2 aliphatic rings. The Bertz CT molecular complexity index is 377. The second kappa shape index (κ2) is 7.24. The van der Waals surface area contributed by atoms with Crippen LogP contribution in [0.2, 0.25) is 0 Å². The smallest absolute Gasteiger partial charge is 0.122 e. The summed E-state index contributed by atoms with van der Waals surface area (Å²) in [7, 11) is 0. The molecule has 0 bridgehead atoms. The van der Waals surface area contributed by atoms with Crippen LogP contribution in [-0.2, 0) is 4.89 Å². The van der Waals surface area contributed by atoms with Gasteiger partial charge in [-0.3, -0.25) is 5.26 Å². The molecule has 2 aliphatic carbocycles. The Morgan fingerprint density at radius 2 is 1.95 bits per heavy atom. The third-order valence-electron chi connectivity index (χ3n) is 4.88. The average Bonchev–Trinajstić information content (AvgIpc) is 2.53. The molecular formula is C18H28O2. The van der Waals surface area contributed by atoms with Gasteiger partial charge in [-0.15, -0.1) is 0 Å². The number of allylic oxidation sites excluding steroid dienone is 5. The summed E-state index contributed by atoms with van der Waals surface area (Å²) >= 11 is 0. The summed E-state index contributed by atoms with van der Waals surface area (Å²) in [5.41, 5.74) is -0.467. The molecule has 0 amide bonds. The van der Waals surface area contributed by atoms with Crippen LogP contribution in [0.5, 0.6) is 0 Å². The molecule has 4 unspecified atom stereocenters. The summed E-state index contributed by atoms with van der Waals surface area (Å²) in [6.45, 7) is 4.33. The SMILES string of the molecule is CCC1C=CCC(C=CC2CC=CC(CC)(OO)C2)C1. The van der Waals surface area contributed by atoms with Gasteiger partial charge in [0.2, 0.25) is 0 Å². The largest absolute Gasteiger partial charge is 0.251 e. The molecule has 0 heterocycles. The zero-order chi connectivity index (χ0) is 14.4. The third-order valence-corrected chi connectivity index (χ3v) is 4.88. The molecule has 112 valence electrons. The topological polar surface area (TPSA) is 29.5 Å². The quantitative estimate of drug-likeness (QED) is 0.428. The van der Waals surface area contributed by atoms with Crippen molar-refractivity contribution in [2.45, 2.75) is 58.0 Å². The van der Waals surface area contributed by atoms with Crippen molar-refractivity contribution in [3.05, 3.63) is 36.5 Å². The van der Waals surface area contributed by atoms with Crippen LogP contribution in [0.3, 0.4) is 0 Å². The molecule has 2 rings (SSSR count). The van der Waals surface area contributed by atoms with Gasteiger partial charge in [-0.2, -0.15) is 0 Å². The molecule has 0 radical (unpaired) electrons. The van der Waals surface area contributed by atoms with E-state index in [-0.39, 0.29) is 0 Å². The molecule has 1 N–H and O–H groups in total. The van der Waals surface area contributed by atoms with Gasteiger partial charge in [0, 0.05) is 0 Å². The summed E-state index contributed by atoms with van der Waals surface area (Å²) in [6.07, 6.45) is 20.1. The lowest BCUT2D eigenvalue weighted by Crippen LogP contribution is -2.33. The van der Waals surface area contributed by atoms with Crippen molar-refractivity contribution >= 4 is 0 Å². The Morgan fingerprint density at radius 1 is 1.20 bits per heavy atom. The second-order valence-corrected chi connectivity index (χ2v) is 6.32.